The van der Waals surface area contributed by atoms with E-state index in [9.17, 15) is 0 Å². The maximum absolute atomic E-state index is 6.40. The molecule has 5 heterocycles. The summed E-state index contributed by atoms with van der Waals surface area (Å²) < 4.78 is 12.9. The van der Waals surface area contributed by atoms with Crippen molar-refractivity contribution in [3.05, 3.63) is 53.9 Å². The van der Waals surface area contributed by atoms with Crippen LogP contribution in [0.1, 0.15) is 12.8 Å². The molecule has 0 radical (unpaired) electrons. The zero-order valence-corrected chi connectivity index (χ0v) is 23.0. The minimum Gasteiger partial charge on any atom is -0.496 e. The summed E-state index contributed by atoms with van der Waals surface area (Å²) in [4.78, 5) is 21.3. The Morgan fingerprint density at radius 3 is 2.36 bits per heavy atom. The second kappa shape index (κ2) is 10.8. The molecule has 0 bridgehead atoms. The van der Waals surface area contributed by atoms with Gasteiger partial charge in [-0.15, -0.1) is 0 Å². The van der Waals surface area contributed by atoms with Crippen molar-refractivity contribution in [2.45, 2.75) is 18.9 Å². The van der Waals surface area contributed by atoms with Crippen LogP contribution in [0.5, 0.6) is 11.5 Å². The summed E-state index contributed by atoms with van der Waals surface area (Å²) in [5.74, 6) is 3.01. The number of hydrogen-bond donors (Lipinski definition) is 1. The third kappa shape index (κ3) is 5.14. The highest BCUT2D eigenvalue weighted by Crippen LogP contribution is 2.38. The minimum absolute atomic E-state index is 0.298. The van der Waals surface area contributed by atoms with E-state index in [2.05, 4.69) is 31.8 Å². The number of ether oxygens (including phenoxy) is 2. The first-order valence-corrected chi connectivity index (χ1v) is 13.6. The lowest BCUT2D eigenvalue weighted by Crippen LogP contribution is -2.47. The van der Waals surface area contributed by atoms with Crippen LogP contribution in [0, 0.1) is 0 Å². The Bertz CT molecular complexity index is 1460. The van der Waals surface area contributed by atoms with Gasteiger partial charge in [0.15, 0.2) is 0 Å². The third-order valence-electron chi connectivity index (χ3n) is 7.61. The van der Waals surface area contributed by atoms with Crippen molar-refractivity contribution in [2.24, 2.45) is 5.73 Å². The molecule has 2 aliphatic heterocycles. The van der Waals surface area contributed by atoms with E-state index in [0.717, 1.165) is 86.5 Å². The van der Waals surface area contributed by atoms with E-state index < -0.39 is 0 Å². The lowest BCUT2D eigenvalue weighted by atomic mass is 10.1. The number of methoxy groups -OCH3 is 2. The number of aromatic nitrogens is 4. The molecule has 2 N–H and O–H groups in total. The highest BCUT2D eigenvalue weighted by molar-refractivity contribution is 6.32. The highest BCUT2D eigenvalue weighted by Gasteiger charge is 2.23. The number of nitrogens with two attached hydrogens (primary N) is 1. The first kappa shape index (κ1) is 25.5. The molecule has 0 aliphatic carbocycles. The van der Waals surface area contributed by atoms with Crippen molar-refractivity contribution in [1.29, 1.82) is 0 Å². The molecule has 0 amide bonds. The van der Waals surface area contributed by atoms with Gasteiger partial charge < -0.3 is 34.3 Å². The lowest BCUT2D eigenvalue weighted by Gasteiger charge is -2.36. The first-order valence-electron chi connectivity index (χ1n) is 13.3. The van der Waals surface area contributed by atoms with Crippen molar-refractivity contribution in [1.82, 2.24) is 19.4 Å². The van der Waals surface area contributed by atoms with Crippen LogP contribution in [0.2, 0.25) is 5.02 Å². The number of piperazine rings is 1. The summed E-state index contributed by atoms with van der Waals surface area (Å²) in [5, 5.41) is 0.513. The molecule has 204 valence electrons. The van der Waals surface area contributed by atoms with Crippen molar-refractivity contribution < 1.29 is 9.47 Å². The SMILES string of the molecule is COc1cc(OC)c(-c2cn3ccc(N4CCN(c5nccc(N6CCC(N)CC6)n5)CC4)cc3n2)cc1Cl. The fourth-order valence-electron chi connectivity index (χ4n) is 5.32. The molecule has 39 heavy (non-hydrogen) atoms. The smallest absolute Gasteiger partial charge is 0.227 e. The van der Waals surface area contributed by atoms with Gasteiger partial charge in [-0.3, -0.25) is 0 Å². The standard InChI is InChI=1S/C28H33ClN8O2/c1-38-24-17-25(39-2)22(29)16-21(24)23-18-37-10-6-20(15-27(37)32-23)34-11-13-36(14-12-34)28-31-7-3-26(33-28)35-8-4-19(30)5-9-35/h3,6-7,10,15-19H,4-5,8-9,11-14,30H2,1-2H3. The topological polar surface area (TPSA) is 97.3 Å². The Labute approximate surface area is 232 Å². The van der Waals surface area contributed by atoms with Gasteiger partial charge in [-0.05, 0) is 31.0 Å². The normalized spacial score (nSPS) is 16.7. The number of piperidine rings is 1. The highest BCUT2D eigenvalue weighted by atomic mass is 35.5. The van der Waals surface area contributed by atoms with Crippen LogP contribution in [-0.4, -0.2) is 78.9 Å². The number of imidazole rings is 1. The quantitative estimate of drug-likeness (QED) is 0.386. The number of rotatable bonds is 6. The number of halogens is 1. The summed E-state index contributed by atoms with van der Waals surface area (Å²) in [6.45, 7) is 5.33. The largest absolute Gasteiger partial charge is 0.496 e. The monoisotopic (exact) mass is 548 g/mol. The van der Waals surface area contributed by atoms with Crippen molar-refractivity contribution in [3.8, 4) is 22.8 Å². The molecule has 0 unspecified atom stereocenters. The Kier molecular flexibility index (Phi) is 7.05. The predicted octanol–water partition coefficient (Wildman–Crippen LogP) is 3.72. The van der Waals surface area contributed by atoms with E-state index in [1.54, 1.807) is 20.3 Å². The van der Waals surface area contributed by atoms with Gasteiger partial charge in [-0.1, -0.05) is 11.6 Å². The minimum atomic E-state index is 0.298. The van der Waals surface area contributed by atoms with Gasteiger partial charge in [-0.2, -0.15) is 4.98 Å². The fraction of sp³-hybridized carbons (Fsp3) is 0.393. The van der Waals surface area contributed by atoms with Crippen LogP contribution in [0.15, 0.2) is 48.9 Å². The molecular weight excluding hydrogens is 516 g/mol. The molecule has 0 spiro atoms. The van der Waals surface area contributed by atoms with E-state index in [1.807, 2.05) is 35.1 Å². The van der Waals surface area contributed by atoms with Crippen molar-refractivity contribution >= 4 is 34.7 Å². The molecule has 11 heteroatoms. The molecule has 2 aliphatic rings. The van der Waals surface area contributed by atoms with Crippen LogP contribution in [-0.2, 0) is 0 Å². The van der Waals surface area contributed by atoms with Gasteiger partial charge in [0.25, 0.3) is 0 Å². The molecule has 2 fully saturated rings. The molecule has 0 atom stereocenters. The van der Waals surface area contributed by atoms with E-state index >= 15 is 0 Å². The molecule has 2 saturated heterocycles. The zero-order chi connectivity index (χ0) is 26.9. The lowest BCUT2D eigenvalue weighted by molar-refractivity contribution is 0.395. The van der Waals surface area contributed by atoms with Crippen molar-refractivity contribution in [2.75, 3.05) is 68.2 Å². The van der Waals surface area contributed by atoms with Gasteiger partial charge in [0, 0.05) is 87.3 Å². The maximum Gasteiger partial charge on any atom is 0.227 e. The Morgan fingerprint density at radius 2 is 1.62 bits per heavy atom. The van der Waals surface area contributed by atoms with E-state index in [0.29, 0.717) is 22.6 Å². The Morgan fingerprint density at radius 1 is 0.872 bits per heavy atom. The summed E-state index contributed by atoms with van der Waals surface area (Å²) in [7, 11) is 3.22. The molecule has 3 aromatic heterocycles. The molecule has 10 nitrogen and oxygen atoms in total. The number of benzene rings is 1. The molecule has 0 saturated carbocycles. The van der Waals surface area contributed by atoms with Crippen LogP contribution in [0.25, 0.3) is 16.9 Å². The number of nitrogens with zero attached hydrogens (tertiary/aromatic N) is 7. The molecule has 1 aromatic carbocycles. The summed E-state index contributed by atoms with van der Waals surface area (Å²) in [6.07, 6.45) is 7.90. The average Bonchev–Trinajstić information content (AvgIpc) is 3.41. The van der Waals surface area contributed by atoms with E-state index in [1.165, 1.54) is 0 Å². The second-order valence-corrected chi connectivity index (χ2v) is 10.4. The summed E-state index contributed by atoms with van der Waals surface area (Å²) in [5.41, 5.74) is 9.67. The van der Waals surface area contributed by atoms with Crippen LogP contribution in [0.3, 0.4) is 0 Å². The summed E-state index contributed by atoms with van der Waals surface area (Å²) >= 11 is 6.40. The number of fused-ring (bicyclic) bond motifs is 1. The van der Waals surface area contributed by atoms with Crippen LogP contribution in [0.4, 0.5) is 17.5 Å². The number of hydrogen-bond acceptors (Lipinski definition) is 9. The van der Waals surface area contributed by atoms with E-state index in [4.69, 9.17) is 36.8 Å². The molecular formula is C28H33ClN8O2. The Hall–Kier alpha value is -3.76. The van der Waals surface area contributed by atoms with Crippen molar-refractivity contribution in [3.63, 3.8) is 0 Å². The average molecular weight is 549 g/mol. The number of pyridine rings is 1. The maximum atomic E-state index is 6.40. The van der Waals surface area contributed by atoms with Crippen LogP contribution < -0.4 is 29.9 Å². The van der Waals surface area contributed by atoms with Gasteiger partial charge in [0.2, 0.25) is 5.95 Å². The second-order valence-electron chi connectivity index (χ2n) is 9.98. The predicted molar refractivity (Wildman–Crippen MR) is 155 cm³/mol. The fourth-order valence-corrected chi connectivity index (χ4v) is 5.56. The van der Waals surface area contributed by atoms with Gasteiger partial charge >= 0.3 is 0 Å². The van der Waals surface area contributed by atoms with Crippen LogP contribution >= 0.6 is 11.6 Å². The van der Waals surface area contributed by atoms with Gasteiger partial charge in [0.05, 0.1) is 24.9 Å². The Balaban J connectivity index is 1.16. The third-order valence-corrected chi connectivity index (χ3v) is 7.91. The van der Waals surface area contributed by atoms with Gasteiger partial charge in [-0.25, -0.2) is 9.97 Å². The summed E-state index contributed by atoms with van der Waals surface area (Å²) in [6, 6.07) is 10.2. The first-order chi connectivity index (χ1) is 19.0. The van der Waals surface area contributed by atoms with Gasteiger partial charge in [0.1, 0.15) is 23.0 Å². The van der Waals surface area contributed by atoms with E-state index in [-0.39, 0.29) is 0 Å². The molecule has 4 aromatic rings. The molecule has 6 rings (SSSR count). The number of anilines is 3. The zero-order valence-electron chi connectivity index (χ0n) is 22.3.